The van der Waals surface area contributed by atoms with Crippen molar-refractivity contribution in [2.24, 2.45) is 10.4 Å². The standard InChI is InChI=1S/C18H32N6.HI/c1-18(2,3)8-5-6-9-20-16(19-4)23-12-14-24(15-13-23)17-21-10-7-11-22-17;/h7,10-11H,5-6,8-9,12-15H2,1-4H3,(H,19,20);1H. The molecule has 0 amide bonds. The third kappa shape index (κ3) is 7.75. The fraction of sp³-hybridized carbons (Fsp3) is 0.722. The van der Waals surface area contributed by atoms with Gasteiger partial charge in [0.05, 0.1) is 0 Å². The topological polar surface area (TPSA) is 56.7 Å². The Balaban J connectivity index is 0.00000312. The van der Waals surface area contributed by atoms with E-state index in [-0.39, 0.29) is 24.0 Å². The summed E-state index contributed by atoms with van der Waals surface area (Å²) in [6.45, 7) is 11.6. The molecule has 142 valence electrons. The average molecular weight is 460 g/mol. The molecule has 1 aliphatic rings. The fourth-order valence-electron chi connectivity index (χ4n) is 2.89. The van der Waals surface area contributed by atoms with Gasteiger partial charge in [0.15, 0.2) is 5.96 Å². The van der Waals surface area contributed by atoms with Crippen molar-refractivity contribution < 1.29 is 0 Å². The summed E-state index contributed by atoms with van der Waals surface area (Å²) in [5.74, 6) is 1.83. The molecular formula is C18H33IN6. The van der Waals surface area contributed by atoms with Gasteiger partial charge in [-0.1, -0.05) is 27.2 Å². The van der Waals surface area contributed by atoms with Crippen LogP contribution in [0.3, 0.4) is 0 Å². The van der Waals surface area contributed by atoms with E-state index in [0.29, 0.717) is 5.41 Å². The molecule has 25 heavy (non-hydrogen) atoms. The Kier molecular flexibility index (Phi) is 9.45. The first-order valence-corrected chi connectivity index (χ1v) is 8.97. The third-order valence-electron chi connectivity index (χ3n) is 4.26. The number of unbranched alkanes of at least 4 members (excludes halogenated alkanes) is 1. The largest absolute Gasteiger partial charge is 0.356 e. The molecule has 0 unspecified atom stereocenters. The molecule has 0 aromatic carbocycles. The van der Waals surface area contributed by atoms with Gasteiger partial charge < -0.3 is 15.1 Å². The lowest BCUT2D eigenvalue weighted by atomic mass is 9.90. The number of halogens is 1. The average Bonchev–Trinajstić information content (AvgIpc) is 2.58. The van der Waals surface area contributed by atoms with Crippen molar-refractivity contribution in [2.45, 2.75) is 40.0 Å². The Labute approximate surface area is 169 Å². The lowest BCUT2D eigenvalue weighted by Crippen LogP contribution is -2.53. The summed E-state index contributed by atoms with van der Waals surface area (Å²) in [4.78, 5) is 17.7. The molecular weight excluding hydrogens is 427 g/mol. The zero-order chi connectivity index (χ0) is 17.4. The summed E-state index contributed by atoms with van der Waals surface area (Å²) >= 11 is 0. The first-order chi connectivity index (χ1) is 11.5. The lowest BCUT2D eigenvalue weighted by Gasteiger charge is -2.36. The number of hydrogen-bond acceptors (Lipinski definition) is 4. The normalized spacial score (nSPS) is 15.8. The molecule has 1 saturated heterocycles. The monoisotopic (exact) mass is 460 g/mol. The molecule has 0 spiro atoms. The summed E-state index contributed by atoms with van der Waals surface area (Å²) in [6, 6.07) is 1.85. The van der Waals surface area contributed by atoms with Gasteiger partial charge in [0, 0.05) is 52.2 Å². The predicted octanol–water partition coefficient (Wildman–Crippen LogP) is 3.01. The van der Waals surface area contributed by atoms with Crippen LogP contribution in [0.2, 0.25) is 0 Å². The molecule has 0 radical (unpaired) electrons. The van der Waals surface area contributed by atoms with Crippen molar-refractivity contribution in [3.05, 3.63) is 18.5 Å². The highest BCUT2D eigenvalue weighted by molar-refractivity contribution is 14.0. The second-order valence-electron chi connectivity index (χ2n) is 7.51. The number of aromatic nitrogens is 2. The van der Waals surface area contributed by atoms with Gasteiger partial charge in [-0.25, -0.2) is 9.97 Å². The molecule has 6 nitrogen and oxygen atoms in total. The molecule has 1 N–H and O–H groups in total. The van der Waals surface area contributed by atoms with Crippen molar-refractivity contribution in [1.82, 2.24) is 20.2 Å². The summed E-state index contributed by atoms with van der Waals surface area (Å²) in [6.07, 6.45) is 7.31. The van der Waals surface area contributed by atoms with Crippen molar-refractivity contribution in [1.29, 1.82) is 0 Å². The maximum Gasteiger partial charge on any atom is 0.225 e. The summed E-state index contributed by atoms with van der Waals surface area (Å²) < 4.78 is 0. The molecule has 0 saturated carbocycles. The summed E-state index contributed by atoms with van der Waals surface area (Å²) in [7, 11) is 1.87. The van der Waals surface area contributed by atoms with E-state index < -0.39 is 0 Å². The first kappa shape index (κ1) is 21.9. The SMILES string of the molecule is CN=C(NCCCCC(C)(C)C)N1CCN(c2ncccn2)CC1.I. The van der Waals surface area contributed by atoms with Crippen molar-refractivity contribution in [3.8, 4) is 0 Å². The van der Waals surface area contributed by atoms with Crippen molar-refractivity contribution in [2.75, 3.05) is 44.7 Å². The molecule has 0 bridgehead atoms. The Morgan fingerprint density at radius 2 is 1.76 bits per heavy atom. The van der Waals surface area contributed by atoms with E-state index in [0.717, 1.165) is 44.6 Å². The molecule has 2 heterocycles. The Morgan fingerprint density at radius 1 is 1.12 bits per heavy atom. The van der Waals surface area contributed by atoms with Crippen LogP contribution in [0.15, 0.2) is 23.5 Å². The van der Waals surface area contributed by atoms with Gasteiger partial charge in [-0.3, -0.25) is 4.99 Å². The number of nitrogens with one attached hydrogen (secondary N) is 1. The van der Waals surface area contributed by atoms with E-state index in [2.05, 4.69) is 50.8 Å². The van der Waals surface area contributed by atoms with Crippen LogP contribution in [0.5, 0.6) is 0 Å². The number of guanidine groups is 1. The number of anilines is 1. The quantitative estimate of drug-likeness (QED) is 0.317. The van der Waals surface area contributed by atoms with E-state index in [4.69, 9.17) is 0 Å². The van der Waals surface area contributed by atoms with Crippen molar-refractivity contribution in [3.63, 3.8) is 0 Å². The minimum absolute atomic E-state index is 0. The van der Waals surface area contributed by atoms with Crippen LogP contribution in [0.4, 0.5) is 5.95 Å². The molecule has 0 atom stereocenters. The van der Waals surface area contributed by atoms with E-state index in [1.807, 2.05) is 13.1 Å². The van der Waals surface area contributed by atoms with Gasteiger partial charge in [-0.05, 0) is 24.3 Å². The van der Waals surface area contributed by atoms with Crippen molar-refractivity contribution >= 4 is 35.9 Å². The second-order valence-corrected chi connectivity index (χ2v) is 7.51. The van der Waals surface area contributed by atoms with Gasteiger partial charge in [-0.2, -0.15) is 0 Å². The molecule has 1 aromatic rings. The molecule has 1 fully saturated rings. The maximum absolute atomic E-state index is 4.44. The van der Waals surface area contributed by atoms with E-state index >= 15 is 0 Å². The summed E-state index contributed by atoms with van der Waals surface area (Å²) in [5.41, 5.74) is 0.428. The zero-order valence-electron chi connectivity index (χ0n) is 16.0. The number of hydrogen-bond donors (Lipinski definition) is 1. The van der Waals surface area contributed by atoms with Crippen LogP contribution in [-0.4, -0.2) is 60.6 Å². The number of nitrogens with zero attached hydrogens (tertiary/aromatic N) is 5. The lowest BCUT2D eigenvalue weighted by molar-refractivity contribution is 0.355. The first-order valence-electron chi connectivity index (χ1n) is 8.97. The van der Waals surface area contributed by atoms with Crippen LogP contribution in [-0.2, 0) is 0 Å². The smallest absolute Gasteiger partial charge is 0.225 e. The second kappa shape index (κ2) is 10.8. The molecule has 7 heteroatoms. The van der Waals surface area contributed by atoms with Crippen LogP contribution < -0.4 is 10.2 Å². The molecule has 0 aliphatic carbocycles. The zero-order valence-corrected chi connectivity index (χ0v) is 18.4. The summed E-state index contributed by atoms with van der Waals surface area (Å²) in [5, 5.41) is 3.51. The van der Waals surface area contributed by atoms with Gasteiger partial charge in [0.25, 0.3) is 0 Å². The Hall–Kier alpha value is -1.12. The Morgan fingerprint density at radius 3 is 2.32 bits per heavy atom. The van der Waals surface area contributed by atoms with Gasteiger partial charge in [0.2, 0.25) is 5.95 Å². The number of rotatable bonds is 5. The molecule has 2 rings (SSSR count). The minimum atomic E-state index is 0. The van der Waals surface area contributed by atoms with E-state index in [1.54, 1.807) is 12.4 Å². The van der Waals surface area contributed by atoms with E-state index in [1.165, 1.54) is 19.3 Å². The predicted molar refractivity (Wildman–Crippen MR) is 116 cm³/mol. The maximum atomic E-state index is 4.44. The minimum Gasteiger partial charge on any atom is -0.356 e. The molecule has 1 aromatic heterocycles. The highest BCUT2D eigenvalue weighted by atomic mass is 127. The van der Waals surface area contributed by atoms with Crippen LogP contribution in [0, 0.1) is 5.41 Å². The highest BCUT2D eigenvalue weighted by Gasteiger charge is 2.20. The Bertz CT molecular complexity index is 506. The van der Waals surface area contributed by atoms with Gasteiger partial charge in [-0.15, -0.1) is 24.0 Å². The van der Waals surface area contributed by atoms with Crippen LogP contribution >= 0.6 is 24.0 Å². The van der Waals surface area contributed by atoms with Gasteiger partial charge >= 0.3 is 0 Å². The fourth-order valence-corrected chi connectivity index (χ4v) is 2.89. The third-order valence-corrected chi connectivity index (χ3v) is 4.26. The highest BCUT2D eigenvalue weighted by Crippen LogP contribution is 2.21. The number of piperazine rings is 1. The van der Waals surface area contributed by atoms with Gasteiger partial charge in [0.1, 0.15) is 0 Å². The van der Waals surface area contributed by atoms with Crippen LogP contribution in [0.1, 0.15) is 40.0 Å². The number of aliphatic imine (C=N–C) groups is 1. The van der Waals surface area contributed by atoms with Crippen LogP contribution in [0.25, 0.3) is 0 Å². The molecule has 1 aliphatic heterocycles. The van der Waals surface area contributed by atoms with E-state index in [9.17, 15) is 0 Å².